The summed E-state index contributed by atoms with van der Waals surface area (Å²) < 4.78 is 5.16. The zero-order valence-corrected chi connectivity index (χ0v) is 16.3. The van der Waals surface area contributed by atoms with Crippen LogP contribution in [-0.4, -0.2) is 29.5 Å². The van der Waals surface area contributed by atoms with Crippen LogP contribution >= 0.6 is 0 Å². The number of nitrogens with one attached hydrogen (secondary N) is 2. The Kier molecular flexibility index (Phi) is 6.22. The number of nitrogens with zero attached hydrogens (tertiary/aromatic N) is 2. The summed E-state index contributed by atoms with van der Waals surface area (Å²) in [4.78, 5) is 21.1. The zero-order valence-electron chi connectivity index (χ0n) is 16.3. The summed E-state index contributed by atoms with van der Waals surface area (Å²) in [5.41, 5.74) is 4.38. The predicted molar refractivity (Wildman–Crippen MR) is 111 cm³/mol. The van der Waals surface area contributed by atoms with E-state index in [2.05, 4.69) is 20.6 Å². The van der Waals surface area contributed by atoms with Gasteiger partial charge < -0.3 is 15.4 Å². The van der Waals surface area contributed by atoms with Gasteiger partial charge >= 0.3 is 0 Å². The second-order valence-corrected chi connectivity index (χ2v) is 6.56. The smallest absolute Gasteiger partial charge is 0.274 e. The van der Waals surface area contributed by atoms with E-state index in [9.17, 15) is 4.79 Å². The molecule has 2 aromatic carbocycles. The molecule has 6 heteroatoms. The molecule has 0 aliphatic rings. The minimum atomic E-state index is -0.255. The van der Waals surface area contributed by atoms with Gasteiger partial charge in [-0.15, -0.1) is 0 Å². The maximum absolute atomic E-state index is 12.5. The number of aromatic nitrogens is 2. The predicted octanol–water partition coefficient (Wildman–Crippen LogP) is 4.01. The van der Waals surface area contributed by atoms with Crippen LogP contribution in [0, 0.1) is 13.8 Å². The van der Waals surface area contributed by atoms with Gasteiger partial charge in [0.1, 0.15) is 11.4 Å². The molecule has 28 heavy (non-hydrogen) atoms. The number of ether oxygens (including phenoxy) is 1. The van der Waals surface area contributed by atoms with E-state index in [4.69, 9.17) is 4.74 Å². The van der Waals surface area contributed by atoms with Gasteiger partial charge in [0.15, 0.2) is 0 Å². The first kappa shape index (κ1) is 19.4. The summed E-state index contributed by atoms with van der Waals surface area (Å²) in [5, 5.41) is 6.09. The molecule has 1 heterocycles. The third kappa shape index (κ3) is 5.07. The summed E-state index contributed by atoms with van der Waals surface area (Å²) >= 11 is 0. The van der Waals surface area contributed by atoms with Crippen molar-refractivity contribution in [1.29, 1.82) is 0 Å². The molecule has 0 radical (unpaired) electrons. The van der Waals surface area contributed by atoms with Gasteiger partial charge in [-0.3, -0.25) is 4.79 Å². The van der Waals surface area contributed by atoms with Crippen LogP contribution in [-0.2, 0) is 6.42 Å². The fraction of sp³-hybridized carbons (Fsp3) is 0.227. The molecule has 3 rings (SSSR count). The molecular formula is C22H24N4O2. The summed E-state index contributed by atoms with van der Waals surface area (Å²) in [5.74, 6) is 1.01. The van der Waals surface area contributed by atoms with Gasteiger partial charge in [0, 0.05) is 18.4 Å². The molecule has 0 saturated heterocycles. The summed E-state index contributed by atoms with van der Waals surface area (Å²) in [7, 11) is 1.65. The van der Waals surface area contributed by atoms with Crippen molar-refractivity contribution in [3.05, 3.63) is 77.1 Å². The number of aryl methyl sites for hydroxylation is 2. The third-order valence-electron chi connectivity index (χ3n) is 4.39. The van der Waals surface area contributed by atoms with Crippen LogP contribution in [0.2, 0.25) is 0 Å². The Morgan fingerprint density at radius 2 is 1.86 bits per heavy atom. The fourth-order valence-corrected chi connectivity index (χ4v) is 2.74. The second kappa shape index (κ2) is 8.99. The molecular weight excluding hydrogens is 352 g/mol. The molecule has 0 spiro atoms. The highest BCUT2D eigenvalue weighted by Gasteiger charge is 2.10. The average molecular weight is 376 g/mol. The van der Waals surface area contributed by atoms with Gasteiger partial charge in [-0.05, 0) is 61.2 Å². The lowest BCUT2D eigenvalue weighted by atomic mass is 10.1. The number of methoxy groups -OCH3 is 1. The molecule has 3 aromatic rings. The minimum Gasteiger partial charge on any atom is -0.497 e. The van der Waals surface area contributed by atoms with E-state index in [0.29, 0.717) is 18.2 Å². The number of anilines is 2. The normalized spacial score (nSPS) is 10.4. The number of hydrogen-bond donors (Lipinski definition) is 2. The van der Waals surface area contributed by atoms with E-state index in [1.54, 1.807) is 19.4 Å². The SMILES string of the molecule is COc1ccc(CCNc2nccc(C(=O)Nc3cc(C)ccc3C)n2)cc1. The number of benzene rings is 2. The van der Waals surface area contributed by atoms with Crippen LogP contribution in [0.25, 0.3) is 0 Å². The Bertz CT molecular complexity index is 955. The van der Waals surface area contributed by atoms with E-state index in [-0.39, 0.29) is 5.91 Å². The monoisotopic (exact) mass is 376 g/mol. The highest BCUT2D eigenvalue weighted by atomic mass is 16.5. The maximum atomic E-state index is 12.5. The Balaban J connectivity index is 1.59. The summed E-state index contributed by atoms with van der Waals surface area (Å²) in [6.07, 6.45) is 2.40. The zero-order chi connectivity index (χ0) is 19.9. The van der Waals surface area contributed by atoms with Crippen LogP contribution < -0.4 is 15.4 Å². The molecule has 6 nitrogen and oxygen atoms in total. The first-order valence-electron chi connectivity index (χ1n) is 9.13. The lowest BCUT2D eigenvalue weighted by Gasteiger charge is -2.10. The molecule has 1 aromatic heterocycles. The molecule has 144 valence electrons. The van der Waals surface area contributed by atoms with Crippen molar-refractivity contribution in [1.82, 2.24) is 9.97 Å². The maximum Gasteiger partial charge on any atom is 0.274 e. The standard InChI is InChI=1S/C22H24N4O2/c1-15-4-5-16(2)20(14-15)25-21(27)19-11-13-24-22(26-19)23-12-10-17-6-8-18(28-3)9-7-17/h4-9,11,13-14H,10,12H2,1-3H3,(H,25,27)(H,23,24,26). The number of amides is 1. The van der Waals surface area contributed by atoms with Crippen molar-refractivity contribution in [2.24, 2.45) is 0 Å². The summed E-state index contributed by atoms with van der Waals surface area (Å²) in [6, 6.07) is 15.5. The largest absolute Gasteiger partial charge is 0.497 e. The summed E-state index contributed by atoms with van der Waals surface area (Å²) in [6.45, 7) is 4.61. The first-order chi connectivity index (χ1) is 13.5. The molecule has 0 aliphatic heterocycles. The van der Waals surface area contributed by atoms with Crippen molar-refractivity contribution >= 4 is 17.5 Å². The van der Waals surface area contributed by atoms with Gasteiger partial charge in [-0.25, -0.2) is 9.97 Å². The van der Waals surface area contributed by atoms with Crippen LogP contribution in [0.4, 0.5) is 11.6 Å². The topological polar surface area (TPSA) is 76.1 Å². The van der Waals surface area contributed by atoms with Gasteiger partial charge in [-0.1, -0.05) is 24.3 Å². The highest BCUT2D eigenvalue weighted by molar-refractivity contribution is 6.03. The fourth-order valence-electron chi connectivity index (χ4n) is 2.74. The molecule has 0 saturated carbocycles. The van der Waals surface area contributed by atoms with E-state index >= 15 is 0 Å². The molecule has 0 bridgehead atoms. The highest BCUT2D eigenvalue weighted by Crippen LogP contribution is 2.17. The van der Waals surface area contributed by atoms with Crippen LogP contribution in [0.3, 0.4) is 0 Å². The molecule has 0 unspecified atom stereocenters. The van der Waals surface area contributed by atoms with Gasteiger partial charge in [0.05, 0.1) is 7.11 Å². The number of rotatable bonds is 7. The Morgan fingerprint density at radius 3 is 2.61 bits per heavy atom. The molecule has 0 fully saturated rings. The third-order valence-corrected chi connectivity index (χ3v) is 4.39. The Hall–Kier alpha value is -3.41. The first-order valence-corrected chi connectivity index (χ1v) is 9.13. The van der Waals surface area contributed by atoms with E-state index in [1.807, 2.05) is 56.3 Å². The lowest BCUT2D eigenvalue weighted by molar-refractivity contribution is 0.102. The van der Waals surface area contributed by atoms with Crippen LogP contribution in [0.15, 0.2) is 54.7 Å². The molecule has 2 N–H and O–H groups in total. The Morgan fingerprint density at radius 1 is 1.07 bits per heavy atom. The quantitative estimate of drug-likeness (QED) is 0.652. The van der Waals surface area contributed by atoms with E-state index < -0.39 is 0 Å². The average Bonchev–Trinajstić information content (AvgIpc) is 2.71. The Labute approximate surface area is 165 Å². The van der Waals surface area contributed by atoms with Crippen molar-refractivity contribution < 1.29 is 9.53 Å². The van der Waals surface area contributed by atoms with E-state index in [1.165, 1.54) is 5.56 Å². The molecule has 1 amide bonds. The van der Waals surface area contributed by atoms with Gasteiger partial charge in [0.25, 0.3) is 5.91 Å². The van der Waals surface area contributed by atoms with Crippen molar-refractivity contribution in [3.8, 4) is 5.75 Å². The minimum absolute atomic E-state index is 0.255. The van der Waals surface area contributed by atoms with E-state index in [0.717, 1.165) is 29.0 Å². The molecule has 0 aliphatic carbocycles. The lowest BCUT2D eigenvalue weighted by Crippen LogP contribution is -2.16. The van der Waals surface area contributed by atoms with Gasteiger partial charge in [-0.2, -0.15) is 0 Å². The molecule has 0 atom stereocenters. The van der Waals surface area contributed by atoms with Crippen molar-refractivity contribution in [2.45, 2.75) is 20.3 Å². The van der Waals surface area contributed by atoms with Crippen molar-refractivity contribution in [3.63, 3.8) is 0 Å². The second-order valence-electron chi connectivity index (χ2n) is 6.56. The van der Waals surface area contributed by atoms with Gasteiger partial charge in [0.2, 0.25) is 5.95 Å². The van der Waals surface area contributed by atoms with Crippen molar-refractivity contribution in [2.75, 3.05) is 24.3 Å². The van der Waals surface area contributed by atoms with Crippen LogP contribution in [0.1, 0.15) is 27.2 Å². The number of hydrogen-bond acceptors (Lipinski definition) is 5. The number of carbonyl (C=O) groups excluding carboxylic acids is 1. The number of carbonyl (C=O) groups is 1. The van der Waals surface area contributed by atoms with Crippen LogP contribution in [0.5, 0.6) is 5.75 Å².